The molecule has 0 aliphatic carbocycles. The summed E-state index contributed by atoms with van der Waals surface area (Å²) in [5.41, 5.74) is -0.639. The molecule has 0 bridgehead atoms. The van der Waals surface area contributed by atoms with Crippen molar-refractivity contribution in [2.45, 2.75) is 38.4 Å². The Labute approximate surface area is 125 Å². The maximum absolute atomic E-state index is 12.0. The summed E-state index contributed by atoms with van der Waals surface area (Å²) in [6.07, 6.45) is 0.163. The predicted molar refractivity (Wildman–Crippen MR) is 78.3 cm³/mol. The van der Waals surface area contributed by atoms with E-state index in [4.69, 9.17) is 4.74 Å². The van der Waals surface area contributed by atoms with Gasteiger partial charge in [-0.05, 0) is 54.6 Å². The molecule has 1 N–H and O–H groups in total. The first-order valence-electron chi connectivity index (χ1n) is 6.15. The minimum absolute atomic E-state index is 0.275. The Balaban J connectivity index is 2.08. The molecule has 0 radical (unpaired) electrons. The van der Waals surface area contributed by atoms with Crippen molar-refractivity contribution in [1.29, 1.82) is 0 Å². The quantitative estimate of drug-likeness (QED) is 0.847. The van der Waals surface area contributed by atoms with E-state index in [0.717, 1.165) is 9.35 Å². The van der Waals surface area contributed by atoms with Gasteiger partial charge in [-0.2, -0.15) is 0 Å². The van der Waals surface area contributed by atoms with Crippen LogP contribution in [0.5, 0.6) is 0 Å². The number of ether oxygens (including phenoxy) is 1. The van der Waals surface area contributed by atoms with Gasteiger partial charge in [0.15, 0.2) is 0 Å². The number of rotatable bonds is 1. The van der Waals surface area contributed by atoms with E-state index in [1.807, 2.05) is 32.2 Å². The van der Waals surface area contributed by atoms with Crippen LogP contribution in [0, 0.1) is 0 Å². The lowest BCUT2D eigenvalue weighted by molar-refractivity contribution is 0.0139. The normalized spacial score (nSPS) is 23.7. The van der Waals surface area contributed by atoms with E-state index >= 15 is 0 Å². The predicted octanol–water partition coefficient (Wildman–Crippen LogP) is 3.34. The number of carbonyl (C=O) groups is 1. The molecule has 4 nitrogen and oxygen atoms in total. The molecule has 0 unspecified atom stereocenters. The number of amides is 1. The van der Waals surface area contributed by atoms with Crippen LogP contribution < -0.4 is 0 Å². The Bertz CT molecular complexity index is 482. The Morgan fingerprint density at radius 2 is 2.26 bits per heavy atom. The molecule has 1 aromatic heterocycles. The topological polar surface area (TPSA) is 49.8 Å². The van der Waals surface area contributed by atoms with E-state index in [1.165, 1.54) is 11.3 Å². The van der Waals surface area contributed by atoms with E-state index in [9.17, 15) is 9.90 Å². The smallest absolute Gasteiger partial charge is 0.410 e. The Morgan fingerprint density at radius 1 is 1.58 bits per heavy atom. The Morgan fingerprint density at radius 3 is 2.79 bits per heavy atom. The average Bonchev–Trinajstić information content (AvgIpc) is 2.83. The van der Waals surface area contributed by atoms with Crippen molar-refractivity contribution in [1.82, 2.24) is 4.90 Å². The van der Waals surface area contributed by atoms with E-state index in [-0.39, 0.29) is 12.6 Å². The fourth-order valence-corrected chi connectivity index (χ4v) is 3.66. The maximum atomic E-state index is 12.0. The Hall–Kier alpha value is -0.590. The minimum Gasteiger partial charge on any atom is -0.444 e. The highest BCUT2D eigenvalue weighted by Gasteiger charge is 2.42. The van der Waals surface area contributed by atoms with Crippen molar-refractivity contribution < 1.29 is 14.6 Å². The molecular formula is C13H18BrNO3S. The monoisotopic (exact) mass is 347 g/mol. The average molecular weight is 348 g/mol. The highest BCUT2D eigenvalue weighted by Crippen LogP contribution is 2.39. The van der Waals surface area contributed by atoms with Gasteiger partial charge in [-0.3, -0.25) is 0 Å². The third kappa shape index (κ3) is 3.30. The molecule has 1 atom stereocenters. The maximum Gasteiger partial charge on any atom is 0.410 e. The zero-order valence-electron chi connectivity index (χ0n) is 11.3. The van der Waals surface area contributed by atoms with Crippen LogP contribution in [0.3, 0.4) is 0 Å². The molecule has 2 heterocycles. The van der Waals surface area contributed by atoms with Crippen LogP contribution >= 0.6 is 27.3 Å². The van der Waals surface area contributed by atoms with Gasteiger partial charge in [0.05, 0.1) is 10.3 Å². The Kier molecular flexibility index (Phi) is 3.95. The molecule has 106 valence electrons. The van der Waals surface area contributed by atoms with Gasteiger partial charge >= 0.3 is 6.09 Å². The second-order valence-corrected chi connectivity index (χ2v) is 8.03. The van der Waals surface area contributed by atoms with Crippen molar-refractivity contribution in [3.63, 3.8) is 0 Å². The van der Waals surface area contributed by atoms with Crippen LogP contribution in [-0.4, -0.2) is 34.8 Å². The summed E-state index contributed by atoms with van der Waals surface area (Å²) in [5.74, 6) is 0. The number of likely N-dealkylation sites (tertiary alicyclic amines) is 1. The van der Waals surface area contributed by atoms with E-state index in [1.54, 1.807) is 4.90 Å². The summed E-state index contributed by atoms with van der Waals surface area (Å²) in [6, 6.07) is 1.90. The second-order valence-electron chi connectivity index (χ2n) is 5.79. The van der Waals surface area contributed by atoms with Gasteiger partial charge in [-0.15, -0.1) is 11.3 Å². The van der Waals surface area contributed by atoms with Gasteiger partial charge in [0, 0.05) is 12.1 Å². The van der Waals surface area contributed by atoms with Crippen LogP contribution in [0.4, 0.5) is 4.79 Å². The molecule has 1 saturated heterocycles. The molecule has 0 aromatic carbocycles. The molecule has 1 aromatic rings. The van der Waals surface area contributed by atoms with Gasteiger partial charge in [0.2, 0.25) is 0 Å². The largest absolute Gasteiger partial charge is 0.444 e. The summed E-state index contributed by atoms with van der Waals surface area (Å²) in [5, 5.41) is 12.6. The van der Waals surface area contributed by atoms with Crippen molar-refractivity contribution in [3.8, 4) is 0 Å². The lowest BCUT2D eigenvalue weighted by Crippen LogP contribution is -2.38. The fraction of sp³-hybridized carbons (Fsp3) is 0.615. The molecule has 6 heteroatoms. The number of thiophene rings is 1. The van der Waals surface area contributed by atoms with Crippen LogP contribution in [0.15, 0.2) is 15.2 Å². The highest BCUT2D eigenvalue weighted by atomic mass is 79.9. The standard InChI is InChI=1S/C13H18BrNO3S/c1-12(2,3)18-11(16)15-6-5-13(17,8-15)9-4-7-19-10(9)14/h4,7,17H,5-6,8H2,1-3H3/t13-/m0/s1. The summed E-state index contributed by atoms with van der Waals surface area (Å²) >= 11 is 4.97. The molecule has 0 spiro atoms. The third-order valence-electron chi connectivity index (χ3n) is 3.02. The molecule has 1 aliphatic heterocycles. The van der Waals surface area contributed by atoms with E-state index in [0.29, 0.717) is 13.0 Å². The molecule has 19 heavy (non-hydrogen) atoms. The fourth-order valence-electron chi connectivity index (χ4n) is 2.12. The van der Waals surface area contributed by atoms with Crippen molar-refractivity contribution in [2.75, 3.05) is 13.1 Å². The number of halogens is 1. The van der Waals surface area contributed by atoms with Crippen molar-refractivity contribution >= 4 is 33.4 Å². The molecule has 0 saturated carbocycles. The third-order valence-corrected chi connectivity index (χ3v) is 4.71. The minimum atomic E-state index is -0.976. The molecule has 1 fully saturated rings. The first-order chi connectivity index (χ1) is 8.71. The summed E-state index contributed by atoms with van der Waals surface area (Å²) in [7, 11) is 0. The number of β-amino-alcohol motifs (C(OH)–C–C–N with tert-alkyl or cyclic N) is 1. The SMILES string of the molecule is CC(C)(C)OC(=O)N1CC[C@@](O)(c2ccsc2Br)C1. The first-order valence-corrected chi connectivity index (χ1v) is 7.82. The zero-order valence-corrected chi connectivity index (χ0v) is 13.7. The number of carbonyl (C=O) groups excluding carboxylic acids is 1. The lowest BCUT2D eigenvalue weighted by Gasteiger charge is -2.26. The van der Waals surface area contributed by atoms with Gasteiger partial charge in [-0.1, -0.05) is 0 Å². The molecular weight excluding hydrogens is 330 g/mol. The van der Waals surface area contributed by atoms with Crippen molar-refractivity contribution in [2.24, 2.45) is 0 Å². The van der Waals surface area contributed by atoms with Gasteiger partial charge < -0.3 is 14.7 Å². The van der Waals surface area contributed by atoms with Crippen LogP contribution in [-0.2, 0) is 10.3 Å². The summed E-state index contributed by atoms with van der Waals surface area (Å²) < 4.78 is 6.25. The van der Waals surface area contributed by atoms with Gasteiger partial charge in [0.1, 0.15) is 11.2 Å². The van der Waals surface area contributed by atoms with E-state index < -0.39 is 11.2 Å². The van der Waals surface area contributed by atoms with Crippen LogP contribution in [0.25, 0.3) is 0 Å². The molecule has 1 amide bonds. The summed E-state index contributed by atoms with van der Waals surface area (Å²) in [6.45, 7) is 6.29. The zero-order chi connectivity index (χ0) is 14.3. The number of nitrogens with zero attached hydrogens (tertiary/aromatic N) is 1. The number of hydrogen-bond acceptors (Lipinski definition) is 4. The summed E-state index contributed by atoms with van der Waals surface area (Å²) in [4.78, 5) is 13.6. The van der Waals surface area contributed by atoms with Crippen LogP contribution in [0.2, 0.25) is 0 Å². The van der Waals surface area contributed by atoms with E-state index in [2.05, 4.69) is 15.9 Å². The lowest BCUT2D eigenvalue weighted by atomic mass is 9.96. The number of aliphatic hydroxyl groups is 1. The first kappa shape index (κ1) is 14.8. The van der Waals surface area contributed by atoms with Gasteiger partial charge in [0.25, 0.3) is 0 Å². The second kappa shape index (κ2) is 5.07. The van der Waals surface area contributed by atoms with Crippen LogP contribution in [0.1, 0.15) is 32.8 Å². The van der Waals surface area contributed by atoms with Gasteiger partial charge in [-0.25, -0.2) is 4.79 Å². The molecule has 1 aliphatic rings. The number of hydrogen-bond donors (Lipinski definition) is 1. The highest BCUT2D eigenvalue weighted by molar-refractivity contribution is 9.11. The molecule has 2 rings (SSSR count). The van der Waals surface area contributed by atoms with Crippen molar-refractivity contribution in [3.05, 3.63) is 20.8 Å².